The fourth-order valence-corrected chi connectivity index (χ4v) is 2.55. The molecule has 0 spiro atoms. The number of benzene rings is 1. The predicted octanol–water partition coefficient (Wildman–Crippen LogP) is 5.34. The van der Waals surface area contributed by atoms with E-state index in [4.69, 9.17) is 0 Å². The van der Waals surface area contributed by atoms with E-state index in [2.05, 4.69) is 10.1 Å². The van der Waals surface area contributed by atoms with Gasteiger partial charge in [-0.2, -0.15) is 18.3 Å². The molecule has 2 heterocycles. The van der Waals surface area contributed by atoms with E-state index < -0.39 is 63.6 Å². The minimum absolute atomic E-state index is 0.460. The molecule has 0 aliphatic heterocycles. The van der Waals surface area contributed by atoms with Gasteiger partial charge in [-0.15, -0.1) is 0 Å². The highest BCUT2D eigenvalue weighted by atomic mass is 19.4. The van der Waals surface area contributed by atoms with Crippen molar-refractivity contribution in [3.63, 3.8) is 0 Å². The number of carbonyl (C=O) groups excluding carboxylic acids is 1. The largest absolute Gasteiger partial charge is 0.435 e. The Hall–Kier alpha value is -3.44. The Morgan fingerprint density at radius 1 is 0.935 bits per heavy atom. The first kappa shape index (κ1) is 23.8. The van der Waals surface area contributed by atoms with E-state index in [9.17, 15) is 35.5 Å². The molecule has 0 fully saturated rings. The van der Waals surface area contributed by atoms with Gasteiger partial charge >= 0.3 is 6.18 Å². The molecule has 1 aromatic carbocycles. The third-order valence-corrected chi connectivity index (χ3v) is 3.81. The summed E-state index contributed by atoms with van der Waals surface area (Å²) >= 11 is 0. The van der Waals surface area contributed by atoms with Crippen molar-refractivity contribution in [2.24, 2.45) is 7.05 Å². The van der Waals surface area contributed by atoms with Crippen LogP contribution in [0.2, 0.25) is 0 Å². The minimum atomic E-state index is -4.82. The molecule has 5 nitrogen and oxygen atoms in total. The van der Waals surface area contributed by atoms with Crippen LogP contribution in [-0.4, -0.2) is 20.7 Å². The molecule has 0 saturated carbocycles. The van der Waals surface area contributed by atoms with Crippen molar-refractivity contribution in [3.8, 4) is 11.3 Å². The molecule has 2 aromatic heterocycles. The normalized spacial score (nSPS) is 11.0. The summed E-state index contributed by atoms with van der Waals surface area (Å²) in [4.78, 5) is 15.2. The fraction of sp³-hybridized carbons (Fsp3) is 0.211. The lowest BCUT2D eigenvalue weighted by Gasteiger charge is -2.10. The molecule has 0 aliphatic rings. The molecule has 0 aliphatic carbocycles. The van der Waals surface area contributed by atoms with Crippen LogP contribution >= 0.6 is 0 Å². The highest BCUT2D eigenvalue weighted by molar-refractivity contribution is 6.04. The number of carbonyl (C=O) groups is 1. The van der Waals surface area contributed by atoms with E-state index in [1.165, 1.54) is 0 Å². The lowest BCUT2D eigenvalue weighted by atomic mass is 10.1. The molecule has 1 N–H and O–H groups in total. The fourth-order valence-electron chi connectivity index (χ4n) is 2.55. The Bertz CT molecular complexity index is 1070. The number of anilines is 1. The van der Waals surface area contributed by atoms with Gasteiger partial charge in [0.2, 0.25) is 0 Å². The van der Waals surface area contributed by atoms with Crippen LogP contribution in [0.5, 0.6) is 0 Å². The van der Waals surface area contributed by atoms with Crippen molar-refractivity contribution < 1.29 is 35.5 Å². The Kier molecular flexibility index (Phi) is 7.03. The maximum atomic E-state index is 14.4. The summed E-state index contributed by atoms with van der Waals surface area (Å²) in [6.07, 6.45) is -3.68. The Balaban J connectivity index is 0.00000166. The second-order valence-corrected chi connectivity index (χ2v) is 5.78. The summed E-state index contributed by atoms with van der Waals surface area (Å²) in [5.74, 6) is -6.58. The van der Waals surface area contributed by atoms with Crippen molar-refractivity contribution >= 4 is 11.6 Å². The van der Waals surface area contributed by atoms with E-state index in [0.717, 1.165) is 7.05 Å². The third kappa shape index (κ3) is 5.01. The van der Waals surface area contributed by atoms with E-state index in [1.54, 1.807) is 0 Å². The number of nitrogens with one attached hydrogen (secondary N) is 1. The van der Waals surface area contributed by atoms with Crippen molar-refractivity contribution in [3.05, 3.63) is 65.1 Å². The maximum absolute atomic E-state index is 14.4. The van der Waals surface area contributed by atoms with Crippen molar-refractivity contribution in [1.82, 2.24) is 14.8 Å². The van der Waals surface area contributed by atoms with Crippen LogP contribution in [0.15, 0.2) is 30.6 Å². The number of pyridine rings is 1. The highest BCUT2D eigenvalue weighted by Crippen LogP contribution is 2.34. The molecule has 3 rings (SSSR count). The zero-order valence-corrected chi connectivity index (χ0v) is 16.3. The standard InChI is InChI=1S/C17H9F7N4O.C2H6/c1-28-12(4-13(27-28)17(22,23)24)14-8(18)2-7(3-9(14)19)26-16(29)15-10(20)5-25-6-11(15)21;1-2/h2-6H,1H3,(H,26,29);1-2H3. The van der Waals surface area contributed by atoms with Gasteiger partial charge in [0.1, 0.15) is 17.2 Å². The molecule has 0 radical (unpaired) electrons. The van der Waals surface area contributed by atoms with Crippen molar-refractivity contribution in [2.45, 2.75) is 20.0 Å². The second-order valence-electron chi connectivity index (χ2n) is 5.78. The summed E-state index contributed by atoms with van der Waals surface area (Å²) in [7, 11) is 1.06. The molecular weight excluding hydrogens is 433 g/mol. The zero-order chi connectivity index (χ0) is 23.5. The molecule has 0 bridgehead atoms. The zero-order valence-electron chi connectivity index (χ0n) is 16.3. The van der Waals surface area contributed by atoms with Crippen LogP contribution in [0.25, 0.3) is 11.3 Å². The number of amides is 1. The van der Waals surface area contributed by atoms with Gasteiger partial charge in [0.25, 0.3) is 5.91 Å². The highest BCUT2D eigenvalue weighted by Gasteiger charge is 2.35. The first-order valence-electron chi connectivity index (χ1n) is 8.70. The molecule has 166 valence electrons. The van der Waals surface area contributed by atoms with E-state index in [-0.39, 0.29) is 0 Å². The second kappa shape index (κ2) is 9.14. The lowest BCUT2D eigenvalue weighted by Crippen LogP contribution is -2.16. The summed E-state index contributed by atoms with van der Waals surface area (Å²) in [6.45, 7) is 4.00. The minimum Gasteiger partial charge on any atom is -0.322 e. The van der Waals surface area contributed by atoms with E-state index in [1.807, 2.05) is 19.2 Å². The van der Waals surface area contributed by atoms with Crippen molar-refractivity contribution in [2.75, 3.05) is 5.32 Å². The van der Waals surface area contributed by atoms with Gasteiger partial charge in [-0.25, -0.2) is 17.6 Å². The number of nitrogens with zero attached hydrogens (tertiary/aromatic N) is 3. The van der Waals surface area contributed by atoms with Crippen LogP contribution in [0.3, 0.4) is 0 Å². The monoisotopic (exact) mass is 448 g/mol. The summed E-state index contributed by atoms with van der Waals surface area (Å²) in [5.41, 5.74) is -4.21. The Labute approximate surface area is 171 Å². The van der Waals surface area contributed by atoms with Crippen LogP contribution in [0.4, 0.5) is 36.4 Å². The maximum Gasteiger partial charge on any atom is 0.435 e. The van der Waals surface area contributed by atoms with Crippen molar-refractivity contribution in [1.29, 1.82) is 0 Å². The number of rotatable bonds is 3. The van der Waals surface area contributed by atoms with Crippen LogP contribution in [0.1, 0.15) is 29.9 Å². The van der Waals surface area contributed by atoms with Gasteiger partial charge in [0.05, 0.1) is 23.7 Å². The lowest BCUT2D eigenvalue weighted by molar-refractivity contribution is -0.141. The predicted molar refractivity (Wildman–Crippen MR) is 97.0 cm³/mol. The molecule has 3 aromatic rings. The van der Waals surface area contributed by atoms with Gasteiger partial charge in [0.15, 0.2) is 17.3 Å². The Morgan fingerprint density at radius 2 is 1.45 bits per heavy atom. The summed E-state index contributed by atoms with van der Waals surface area (Å²) in [5, 5.41) is 5.08. The molecule has 0 atom stereocenters. The van der Waals surface area contributed by atoms with Crippen LogP contribution in [0, 0.1) is 23.3 Å². The van der Waals surface area contributed by atoms with Crippen LogP contribution < -0.4 is 5.32 Å². The quantitative estimate of drug-likeness (QED) is 0.551. The molecule has 31 heavy (non-hydrogen) atoms. The van der Waals surface area contributed by atoms with Gasteiger partial charge in [-0.3, -0.25) is 14.5 Å². The van der Waals surface area contributed by atoms with Gasteiger partial charge in [-0.05, 0) is 18.2 Å². The smallest absolute Gasteiger partial charge is 0.322 e. The molecule has 1 amide bonds. The SMILES string of the molecule is CC.Cn1nc(C(F)(F)F)cc1-c1c(F)cc(NC(=O)c2c(F)cncc2F)cc1F. The number of aryl methyl sites for hydroxylation is 1. The first-order chi connectivity index (χ1) is 14.5. The number of hydrogen-bond acceptors (Lipinski definition) is 3. The molecule has 0 unspecified atom stereocenters. The summed E-state index contributed by atoms with van der Waals surface area (Å²) in [6, 6.07) is 1.64. The topological polar surface area (TPSA) is 59.8 Å². The number of aromatic nitrogens is 3. The van der Waals surface area contributed by atoms with Crippen LogP contribution in [-0.2, 0) is 13.2 Å². The average Bonchev–Trinajstić information content (AvgIpc) is 3.04. The molecule has 0 saturated heterocycles. The summed E-state index contributed by atoms with van der Waals surface area (Å²) < 4.78 is 94.9. The van der Waals surface area contributed by atoms with Gasteiger partial charge in [-0.1, -0.05) is 13.8 Å². The average molecular weight is 448 g/mol. The van der Waals surface area contributed by atoms with Gasteiger partial charge < -0.3 is 5.32 Å². The van der Waals surface area contributed by atoms with E-state index >= 15 is 0 Å². The first-order valence-corrected chi connectivity index (χ1v) is 8.70. The van der Waals surface area contributed by atoms with E-state index in [0.29, 0.717) is 35.3 Å². The number of hydrogen-bond donors (Lipinski definition) is 1. The molecular formula is C19H15F7N4O. The third-order valence-electron chi connectivity index (χ3n) is 3.81. The number of alkyl halides is 3. The Morgan fingerprint density at radius 3 is 1.90 bits per heavy atom. The number of halogens is 7. The van der Waals surface area contributed by atoms with Gasteiger partial charge in [0, 0.05) is 12.7 Å². The molecule has 12 heteroatoms.